The van der Waals surface area contributed by atoms with Crippen molar-refractivity contribution in [3.05, 3.63) is 35.7 Å². The van der Waals surface area contributed by atoms with Crippen LogP contribution in [0, 0.1) is 6.92 Å². The van der Waals surface area contributed by atoms with E-state index in [4.69, 9.17) is 10.5 Å². The van der Waals surface area contributed by atoms with Crippen LogP contribution in [0.5, 0.6) is 5.75 Å². The summed E-state index contributed by atoms with van der Waals surface area (Å²) >= 11 is 1.31. The molecule has 2 aromatic rings. The fourth-order valence-electron chi connectivity index (χ4n) is 2.73. The lowest BCUT2D eigenvalue weighted by atomic mass is 10.2. The van der Waals surface area contributed by atoms with Crippen LogP contribution in [0.15, 0.2) is 29.4 Å². The molecule has 1 fully saturated rings. The van der Waals surface area contributed by atoms with Gasteiger partial charge >= 0.3 is 0 Å². The molecule has 9 heteroatoms. The van der Waals surface area contributed by atoms with E-state index in [0.717, 1.165) is 30.0 Å². The largest absolute Gasteiger partial charge is 0.492 e. The van der Waals surface area contributed by atoms with E-state index >= 15 is 0 Å². The number of aryl methyl sites for hydroxylation is 1. The first-order valence-electron chi connectivity index (χ1n) is 9.33. The molecule has 1 aliphatic carbocycles. The van der Waals surface area contributed by atoms with Crippen LogP contribution in [0.25, 0.3) is 0 Å². The highest BCUT2D eigenvalue weighted by Crippen LogP contribution is 2.40. The quantitative estimate of drug-likeness (QED) is 0.436. The SMILES string of the molecule is Cc1cccc(OCCNC(=O)CSc2nnc(C3CC3)n2CCC(N)=O)c1. The molecule has 0 radical (unpaired) electrons. The number of amides is 2. The Labute approximate surface area is 168 Å². The van der Waals surface area contributed by atoms with E-state index in [1.54, 1.807) is 0 Å². The second-order valence-electron chi connectivity index (χ2n) is 6.79. The number of ether oxygens (including phenoxy) is 1. The summed E-state index contributed by atoms with van der Waals surface area (Å²) in [5.74, 6) is 1.84. The number of nitrogens with one attached hydrogen (secondary N) is 1. The Morgan fingerprint density at radius 3 is 2.89 bits per heavy atom. The van der Waals surface area contributed by atoms with Gasteiger partial charge in [0.15, 0.2) is 5.16 Å². The first-order valence-corrected chi connectivity index (χ1v) is 10.3. The van der Waals surface area contributed by atoms with Crippen molar-refractivity contribution in [1.82, 2.24) is 20.1 Å². The summed E-state index contributed by atoms with van der Waals surface area (Å²) in [4.78, 5) is 23.2. The van der Waals surface area contributed by atoms with Gasteiger partial charge in [0.2, 0.25) is 11.8 Å². The summed E-state index contributed by atoms with van der Waals surface area (Å²) in [5.41, 5.74) is 6.39. The minimum atomic E-state index is -0.363. The smallest absolute Gasteiger partial charge is 0.230 e. The van der Waals surface area contributed by atoms with E-state index in [2.05, 4.69) is 15.5 Å². The number of aromatic nitrogens is 3. The van der Waals surface area contributed by atoms with Crippen molar-refractivity contribution in [2.75, 3.05) is 18.9 Å². The summed E-state index contributed by atoms with van der Waals surface area (Å²) in [6.45, 7) is 3.28. The zero-order valence-corrected chi connectivity index (χ0v) is 16.7. The second kappa shape index (κ2) is 9.59. The van der Waals surface area contributed by atoms with E-state index in [9.17, 15) is 9.59 Å². The number of rotatable bonds is 11. The Morgan fingerprint density at radius 1 is 1.36 bits per heavy atom. The third kappa shape index (κ3) is 5.98. The van der Waals surface area contributed by atoms with Crippen molar-refractivity contribution in [1.29, 1.82) is 0 Å². The predicted molar refractivity (Wildman–Crippen MR) is 106 cm³/mol. The molecule has 0 spiro atoms. The van der Waals surface area contributed by atoms with Crippen molar-refractivity contribution < 1.29 is 14.3 Å². The Balaban J connectivity index is 1.43. The molecule has 0 unspecified atom stereocenters. The van der Waals surface area contributed by atoms with Gasteiger partial charge in [-0.05, 0) is 37.5 Å². The fourth-order valence-corrected chi connectivity index (χ4v) is 3.53. The van der Waals surface area contributed by atoms with Crippen LogP contribution in [-0.2, 0) is 16.1 Å². The van der Waals surface area contributed by atoms with Crippen molar-refractivity contribution in [2.45, 2.75) is 43.8 Å². The third-order valence-electron chi connectivity index (χ3n) is 4.28. The van der Waals surface area contributed by atoms with E-state index in [0.29, 0.717) is 30.8 Å². The molecule has 1 aromatic carbocycles. The molecular weight excluding hydrogens is 378 g/mol. The van der Waals surface area contributed by atoms with Gasteiger partial charge in [0.25, 0.3) is 0 Å². The number of carbonyl (C=O) groups is 2. The number of benzene rings is 1. The van der Waals surface area contributed by atoms with Gasteiger partial charge in [-0.1, -0.05) is 23.9 Å². The van der Waals surface area contributed by atoms with Gasteiger partial charge in [0.1, 0.15) is 18.2 Å². The molecular formula is C19H25N5O3S. The average Bonchev–Trinajstić information content (AvgIpc) is 3.42. The lowest BCUT2D eigenvalue weighted by Gasteiger charge is -2.09. The van der Waals surface area contributed by atoms with Crippen LogP contribution in [0.3, 0.4) is 0 Å². The van der Waals surface area contributed by atoms with Crippen LogP contribution in [-0.4, -0.2) is 45.5 Å². The van der Waals surface area contributed by atoms with Crippen LogP contribution >= 0.6 is 11.8 Å². The van der Waals surface area contributed by atoms with E-state index in [1.165, 1.54) is 11.8 Å². The van der Waals surface area contributed by atoms with Gasteiger partial charge < -0.3 is 20.4 Å². The minimum Gasteiger partial charge on any atom is -0.492 e. The molecule has 0 bridgehead atoms. The summed E-state index contributed by atoms with van der Waals surface area (Å²) in [5, 5.41) is 11.9. The van der Waals surface area contributed by atoms with E-state index in [-0.39, 0.29) is 24.0 Å². The summed E-state index contributed by atoms with van der Waals surface area (Å²) in [7, 11) is 0. The molecule has 1 heterocycles. The van der Waals surface area contributed by atoms with Crippen LogP contribution < -0.4 is 15.8 Å². The first-order chi connectivity index (χ1) is 13.5. The summed E-state index contributed by atoms with van der Waals surface area (Å²) < 4.78 is 7.54. The van der Waals surface area contributed by atoms with E-state index in [1.807, 2.05) is 35.8 Å². The molecule has 0 atom stereocenters. The zero-order valence-electron chi connectivity index (χ0n) is 15.9. The van der Waals surface area contributed by atoms with Crippen molar-refractivity contribution in [3.63, 3.8) is 0 Å². The summed E-state index contributed by atoms with van der Waals surface area (Å²) in [6.07, 6.45) is 2.40. The Bertz CT molecular complexity index is 835. The molecule has 0 saturated heterocycles. The van der Waals surface area contributed by atoms with Crippen molar-refractivity contribution in [2.24, 2.45) is 5.73 Å². The van der Waals surface area contributed by atoms with E-state index < -0.39 is 0 Å². The number of nitrogens with zero attached hydrogens (tertiary/aromatic N) is 3. The monoisotopic (exact) mass is 403 g/mol. The molecule has 150 valence electrons. The van der Waals surface area contributed by atoms with Gasteiger partial charge in [0, 0.05) is 18.9 Å². The molecule has 1 aromatic heterocycles. The fraction of sp³-hybridized carbons (Fsp3) is 0.474. The summed E-state index contributed by atoms with van der Waals surface area (Å²) in [6, 6.07) is 7.78. The minimum absolute atomic E-state index is 0.102. The first kappa shape index (κ1) is 20.2. The highest BCUT2D eigenvalue weighted by molar-refractivity contribution is 7.99. The van der Waals surface area contributed by atoms with Gasteiger partial charge in [-0.3, -0.25) is 9.59 Å². The number of nitrogens with two attached hydrogens (primary N) is 1. The predicted octanol–water partition coefficient (Wildman–Crippen LogP) is 1.63. The van der Waals surface area contributed by atoms with Crippen LogP contribution in [0.2, 0.25) is 0 Å². The second-order valence-corrected chi connectivity index (χ2v) is 7.73. The maximum atomic E-state index is 12.1. The van der Waals surface area contributed by atoms with Gasteiger partial charge in [0.05, 0.1) is 12.3 Å². The highest BCUT2D eigenvalue weighted by Gasteiger charge is 2.30. The third-order valence-corrected chi connectivity index (χ3v) is 5.25. The molecule has 2 amide bonds. The van der Waals surface area contributed by atoms with Crippen molar-refractivity contribution >= 4 is 23.6 Å². The Kier molecular flexibility index (Phi) is 6.91. The lowest BCUT2D eigenvalue weighted by Crippen LogP contribution is -2.29. The maximum absolute atomic E-state index is 12.1. The maximum Gasteiger partial charge on any atom is 0.230 e. The molecule has 0 aliphatic heterocycles. The normalized spacial score (nSPS) is 13.3. The van der Waals surface area contributed by atoms with Gasteiger partial charge in [-0.2, -0.15) is 0 Å². The molecule has 1 aliphatic rings. The number of thioether (sulfide) groups is 1. The topological polar surface area (TPSA) is 112 Å². The Hall–Kier alpha value is -2.55. The standard InChI is InChI=1S/C19H25N5O3S/c1-13-3-2-4-15(11-13)27-10-8-21-17(26)12-28-19-23-22-18(14-5-6-14)24(19)9-7-16(20)25/h2-4,11,14H,5-10,12H2,1H3,(H2,20,25)(H,21,26). The van der Waals surface area contributed by atoms with Crippen LogP contribution in [0.1, 0.15) is 36.6 Å². The van der Waals surface area contributed by atoms with Crippen molar-refractivity contribution in [3.8, 4) is 5.75 Å². The number of hydrogen-bond donors (Lipinski definition) is 2. The molecule has 3 N–H and O–H groups in total. The average molecular weight is 404 g/mol. The number of primary amides is 1. The zero-order chi connectivity index (χ0) is 19.9. The molecule has 8 nitrogen and oxygen atoms in total. The molecule has 1 saturated carbocycles. The number of hydrogen-bond acceptors (Lipinski definition) is 6. The van der Waals surface area contributed by atoms with Crippen LogP contribution in [0.4, 0.5) is 0 Å². The highest BCUT2D eigenvalue weighted by atomic mass is 32.2. The lowest BCUT2D eigenvalue weighted by molar-refractivity contribution is -0.119. The molecule has 3 rings (SSSR count). The van der Waals surface area contributed by atoms with Gasteiger partial charge in [-0.25, -0.2) is 0 Å². The Morgan fingerprint density at radius 2 is 2.18 bits per heavy atom. The molecule has 28 heavy (non-hydrogen) atoms. The van der Waals surface area contributed by atoms with Gasteiger partial charge in [-0.15, -0.1) is 10.2 Å². The number of carbonyl (C=O) groups excluding carboxylic acids is 2.